The van der Waals surface area contributed by atoms with Crippen molar-refractivity contribution < 1.29 is 4.79 Å². The number of amides is 1. The molecule has 2 nitrogen and oxygen atoms in total. The lowest BCUT2D eigenvalue weighted by Crippen LogP contribution is -2.28. The molecule has 0 aliphatic carbocycles. The fourth-order valence-electron chi connectivity index (χ4n) is 1.62. The van der Waals surface area contributed by atoms with E-state index in [9.17, 15) is 4.79 Å². The molecule has 2 rings (SSSR count). The van der Waals surface area contributed by atoms with Crippen LogP contribution in [-0.2, 0) is 11.3 Å². The molecule has 19 heavy (non-hydrogen) atoms. The summed E-state index contributed by atoms with van der Waals surface area (Å²) in [5, 5.41) is 4.02. The van der Waals surface area contributed by atoms with Crippen molar-refractivity contribution >= 4 is 34.7 Å². The molecule has 0 aliphatic rings. The SMILES string of the molecule is C=CCN(Cc1cccs1)C(=O)/C=C/c1cccs1. The predicted molar refractivity (Wildman–Crippen MR) is 83.3 cm³/mol. The van der Waals surface area contributed by atoms with Crippen molar-refractivity contribution in [2.75, 3.05) is 6.54 Å². The summed E-state index contributed by atoms with van der Waals surface area (Å²) in [7, 11) is 0. The molecule has 98 valence electrons. The smallest absolute Gasteiger partial charge is 0.247 e. The molecule has 0 bridgehead atoms. The number of rotatable bonds is 6. The Balaban J connectivity index is 2.01. The van der Waals surface area contributed by atoms with E-state index in [-0.39, 0.29) is 5.91 Å². The quantitative estimate of drug-likeness (QED) is 0.580. The monoisotopic (exact) mass is 289 g/mol. The van der Waals surface area contributed by atoms with E-state index < -0.39 is 0 Å². The molecule has 1 amide bonds. The molecule has 2 aromatic rings. The van der Waals surface area contributed by atoms with Gasteiger partial charge in [0.1, 0.15) is 0 Å². The normalized spacial score (nSPS) is 10.7. The van der Waals surface area contributed by atoms with E-state index >= 15 is 0 Å². The van der Waals surface area contributed by atoms with Crippen molar-refractivity contribution in [1.29, 1.82) is 0 Å². The molecule has 0 spiro atoms. The zero-order valence-corrected chi connectivity index (χ0v) is 12.1. The lowest BCUT2D eigenvalue weighted by Gasteiger charge is -2.18. The zero-order chi connectivity index (χ0) is 13.5. The fourth-order valence-corrected chi connectivity index (χ4v) is 2.96. The van der Waals surface area contributed by atoms with Crippen molar-refractivity contribution in [2.45, 2.75) is 6.54 Å². The summed E-state index contributed by atoms with van der Waals surface area (Å²) in [4.78, 5) is 16.2. The van der Waals surface area contributed by atoms with Crippen LogP contribution < -0.4 is 0 Å². The molecule has 2 aromatic heterocycles. The number of carbonyl (C=O) groups excluding carboxylic acids is 1. The van der Waals surface area contributed by atoms with Gasteiger partial charge in [-0.3, -0.25) is 4.79 Å². The van der Waals surface area contributed by atoms with E-state index in [1.54, 1.807) is 39.7 Å². The lowest BCUT2D eigenvalue weighted by molar-refractivity contribution is -0.125. The van der Waals surface area contributed by atoms with Gasteiger partial charge in [-0.1, -0.05) is 18.2 Å². The van der Waals surface area contributed by atoms with Crippen LogP contribution in [0, 0.1) is 0 Å². The molecule has 0 unspecified atom stereocenters. The molecule has 0 fully saturated rings. The Bertz CT molecular complexity index is 541. The fraction of sp³-hybridized carbons (Fsp3) is 0.133. The zero-order valence-electron chi connectivity index (χ0n) is 10.5. The molecular weight excluding hydrogens is 274 g/mol. The first-order chi connectivity index (χ1) is 9.29. The topological polar surface area (TPSA) is 20.3 Å². The van der Waals surface area contributed by atoms with Gasteiger partial charge in [0.25, 0.3) is 0 Å². The highest BCUT2D eigenvalue weighted by Crippen LogP contribution is 2.14. The maximum atomic E-state index is 12.2. The van der Waals surface area contributed by atoms with Gasteiger partial charge in [0.2, 0.25) is 5.91 Å². The lowest BCUT2D eigenvalue weighted by atomic mass is 10.3. The molecule has 0 radical (unpaired) electrons. The van der Waals surface area contributed by atoms with Crippen molar-refractivity contribution in [3.8, 4) is 0 Å². The van der Waals surface area contributed by atoms with Gasteiger partial charge in [-0.2, -0.15) is 0 Å². The number of hydrogen-bond donors (Lipinski definition) is 0. The van der Waals surface area contributed by atoms with E-state index in [2.05, 4.69) is 6.58 Å². The molecule has 4 heteroatoms. The van der Waals surface area contributed by atoms with Crippen LogP contribution in [0.1, 0.15) is 9.75 Å². The van der Waals surface area contributed by atoms with Crippen LogP contribution in [0.25, 0.3) is 6.08 Å². The van der Waals surface area contributed by atoms with Gasteiger partial charge < -0.3 is 4.90 Å². The summed E-state index contributed by atoms with van der Waals surface area (Å²) in [5.41, 5.74) is 0. The average molecular weight is 289 g/mol. The first-order valence-corrected chi connectivity index (χ1v) is 7.69. The van der Waals surface area contributed by atoms with Crippen molar-refractivity contribution in [1.82, 2.24) is 4.90 Å². The molecular formula is C15H15NOS2. The summed E-state index contributed by atoms with van der Waals surface area (Å²) in [5.74, 6) is 0.0155. The Kier molecular flexibility index (Phi) is 5.12. The van der Waals surface area contributed by atoms with Gasteiger partial charge in [-0.25, -0.2) is 0 Å². The summed E-state index contributed by atoms with van der Waals surface area (Å²) in [6.45, 7) is 4.91. The molecule has 0 aromatic carbocycles. The molecule has 0 aliphatic heterocycles. The van der Waals surface area contributed by atoms with Crippen molar-refractivity contribution in [2.24, 2.45) is 0 Å². The van der Waals surface area contributed by atoms with Gasteiger partial charge in [-0.05, 0) is 29.0 Å². The van der Waals surface area contributed by atoms with Gasteiger partial charge >= 0.3 is 0 Å². The van der Waals surface area contributed by atoms with Crippen LogP contribution in [0.3, 0.4) is 0 Å². The Morgan fingerprint density at radius 2 is 2.05 bits per heavy atom. The van der Waals surface area contributed by atoms with E-state index in [1.165, 1.54) is 4.88 Å². The Morgan fingerprint density at radius 3 is 2.68 bits per heavy atom. The summed E-state index contributed by atoms with van der Waals surface area (Å²) < 4.78 is 0. The van der Waals surface area contributed by atoms with E-state index in [1.807, 2.05) is 41.1 Å². The predicted octanol–water partition coefficient (Wildman–Crippen LogP) is 4.04. The highest BCUT2D eigenvalue weighted by Gasteiger charge is 2.10. The summed E-state index contributed by atoms with van der Waals surface area (Å²) >= 11 is 3.28. The van der Waals surface area contributed by atoms with E-state index in [4.69, 9.17) is 0 Å². The summed E-state index contributed by atoms with van der Waals surface area (Å²) in [6.07, 6.45) is 5.24. The van der Waals surface area contributed by atoms with Crippen LogP contribution in [0.2, 0.25) is 0 Å². The second kappa shape index (κ2) is 7.07. The van der Waals surface area contributed by atoms with Crippen LogP contribution in [0.15, 0.2) is 53.8 Å². The van der Waals surface area contributed by atoms with E-state index in [0.717, 1.165) is 4.88 Å². The largest absolute Gasteiger partial charge is 0.330 e. The number of thiophene rings is 2. The maximum Gasteiger partial charge on any atom is 0.247 e. The molecule has 0 saturated carbocycles. The molecule has 0 atom stereocenters. The minimum Gasteiger partial charge on any atom is -0.330 e. The minimum atomic E-state index is 0.0155. The van der Waals surface area contributed by atoms with Crippen LogP contribution in [0.4, 0.5) is 0 Å². The molecule has 0 saturated heterocycles. The highest BCUT2D eigenvalue weighted by molar-refractivity contribution is 7.10. The van der Waals surface area contributed by atoms with Gasteiger partial charge in [0.05, 0.1) is 6.54 Å². The van der Waals surface area contributed by atoms with Crippen molar-refractivity contribution in [3.63, 3.8) is 0 Å². The van der Waals surface area contributed by atoms with Gasteiger partial charge in [0, 0.05) is 22.4 Å². The number of carbonyl (C=O) groups is 1. The van der Waals surface area contributed by atoms with Gasteiger partial charge in [0.15, 0.2) is 0 Å². The van der Waals surface area contributed by atoms with Crippen molar-refractivity contribution in [3.05, 3.63) is 63.5 Å². The second-order valence-electron chi connectivity index (χ2n) is 3.94. The van der Waals surface area contributed by atoms with Crippen LogP contribution in [-0.4, -0.2) is 17.4 Å². The Hall–Kier alpha value is -1.65. The summed E-state index contributed by atoms with van der Waals surface area (Å²) in [6, 6.07) is 8.00. The maximum absolute atomic E-state index is 12.2. The standard InChI is InChI=1S/C15H15NOS2/c1-2-9-16(12-14-6-4-11-19-14)15(17)8-7-13-5-3-10-18-13/h2-8,10-11H,1,9,12H2/b8-7+. The Labute approximate surface area is 121 Å². The van der Waals surface area contributed by atoms with Crippen LogP contribution >= 0.6 is 22.7 Å². The minimum absolute atomic E-state index is 0.0155. The molecule has 0 N–H and O–H groups in total. The first-order valence-electron chi connectivity index (χ1n) is 5.93. The van der Waals surface area contributed by atoms with Gasteiger partial charge in [-0.15, -0.1) is 29.3 Å². The Morgan fingerprint density at radius 1 is 1.26 bits per heavy atom. The third-order valence-electron chi connectivity index (χ3n) is 2.52. The second-order valence-corrected chi connectivity index (χ2v) is 5.95. The number of nitrogens with zero attached hydrogens (tertiary/aromatic N) is 1. The third kappa shape index (κ3) is 4.19. The number of hydrogen-bond acceptors (Lipinski definition) is 3. The van der Waals surface area contributed by atoms with E-state index in [0.29, 0.717) is 13.1 Å². The van der Waals surface area contributed by atoms with Crippen LogP contribution in [0.5, 0.6) is 0 Å². The third-order valence-corrected chi connectivity index (χ3v) is 4.22. The first kappa shape index (κ1) is 13.8. The molecule has 2 heterocycles. The highest BCUT2D eigenvalue weighted by atomic mass is 32.1. The average Bonchev–Trinajstić information content (AvgIpc) is 3.08.